The van der Waals surface area contributed by atoms with Gasteiger partial charge in [-0.3, -0.25) is 14.8 Å². The third-order valence-corrected chi connectivity index (χ3v) is 11.9. The van der Waals surface area contributed by atoms with Crippen LogP contribution < -0.4 is 10.1 Å². The number of methoxy groups -OCH3 is 1. The number of oxazole rings is 1. The van der Waals surface area contributed by atoms with Crippen LogP contribution in [-0.2, 0) is 14.3 Å². The minimum atomic E-state index is -0.222. The van der Waals surface area contributed by atoms with E-state index >= 15 is 0 Å². The van der Waals surface area contributed by atoms with Crippen LogP contribution in [0.15, 0.2) is 41.1 Å². The van der Waals surface area contributed by atoms with E-state index in [2.05, 4.69) is 17.4 Å². The lowest BCUT2D eigenvalue weighted by molar-refractivity contribution is -0.128. The van der Waals surface area contributed by atoms with Crippen LogP contribution >= 0.6 is 0 Å². The Kier molecular flexibility index (Phi) is 9.50. The highest BCUT2D eigenvalue weighted by Crippen LogP contribution is 2.43. The second kappa shape index (κ2) is 14.3. The molecule has 50 heavy (non-hydrogen) atoms. The second-order valence-electron chi connectivity index (χ2n) is 15.3. The number of rotatable bonds is 10. The molecule has 2 amide bonds. The van der Waals surface area contributed by atoms with E-state index in [0.29, 0.717) is 49.4 Å². The van der Waals surface area contributed by atoms with Crippen molar-refractivity contribution in [1.82, 2.24) is 25.2 Å². The summed E-state index contributed by atoms with van der Waals surface area (Å²) in [7, 11) is 1.68. The van der Waals surface area contributed by atoms with Crippen molar-refractivity contribution >= 4 is 12.0 Å². The van der Waals surface area contributed by atoms with Gasteiger partial charge in [0, 0.05) is 60.1 Å². The quantitative estimate of drug-likeness (QED) is 0.247. The molecule has 8 rings (SSSR count). The van der Waals surface area contributed by atoms with Crippen molar-refractivity contribution in [2.24, 2.45) is 23.7 Å². The summed E-state index contributed by atoms with van der Waals surface area (Å²) in [5.74, 6) is 3.72. The Labute approximate surface area is 293 Å². The molecule has 1 unspecified atom stereocenters. The smallest absolute Gasteiger partial charge is 0.410 e. The van der Waals surface area contributed by atoms with Crippen LogP contribution in [0.4, 0.5) is 4.79 Å². The highest BCUT2D eigenvalue weighted by atomic mass is 16.6. The molecule has 3 aromatic rings. The molecular weight excluding hydrogens is 634 g/mol. The molecule has 2 aliphatic heterocycles. The van der Waals surface area contributed by atoms with Crippen LogP contribution in [0.1, 0.15) is 105 Å². The molecule has 1 N–H and O–H groups in total. The van der Waals surface area contributed by atoms with Crippen molar-refractivity contribution in [3.8, 4) is 17.0 Å². The summed E-state index contributed by atoms with van der Waals surface area (Å²) in [6.07, 6.45) is 12.2. The molecule has 0 radical (unpaired) electrons. The summed E-state index contributed by atoms with van der Waals surface area (Å²) in [6, 6.07) is 7.93. The van der Waals surface area contributed by atoms with E-state index in [1.807, 2.05) is 25.3 Å². The molecule has 5 aliphatic rings. The average Bonchev–Trinajstić information content (AvgIpc) is 3.83. The van der Waals surface area contributed by atoms with E-state index in [1.165, 1.54) is 0 Å². The fraction of sp³-hybridized carbons (Fsp3) is 0.615. The number of pyridine rings is 2. The summed E-state index contributed by atoms with van der Waals surface area (Å²) in [5, 5.41) is 3.48. The first kappa shape index (κ1) is 33.2. The normalized spacial score (nSPS) is 26.4. The zero-order chi connectivity index (χ0) is 34.2. The number of amides is 2. The van der Waals surface area contributed by atoms with Gasteiger partial charge in [0.15, 0.2) is 5.89 Å². The molecule has 3 saturated carbocycles. The van der Waals surface area contributed by atoms with Crippen molar-refractivity contribution < 1.29 is 28.2 Å². The second-order valence-corrected chi connectivity index (χ2v) is 15.3. The van der Waals surface area contributed by atoms with E-state index < -0.39 is 0 Å². The first-order chi connectivity index (χ1) is 24.4. The molecule has 11 nitrogen and oxygen atoms in total. The number of aromatic nitrogens is 3. The number of carbonyl (C=O) groups excluding carboxylic acids is 2. The SMILES string of the molecule is COc1ccc(C2CCC(C(NC(=O)C3CCC(OC(=O)N4CC(C5COC5)C4)CC3)c3cc(-c4coc(C5CC5)n4)ccn3)CC2)nc1C. The van der Waals surface area contributed by atoms with Gasteiger partial charge in [-0.15, -0.1) is 0 Å². The Hall–Kier alpha value is -3.99. The highest BCUT2D eigenvalue weighted by Gasteiger charge is 2.41. The molecule has 3 aromatic heterocycles. The van der Waals surface area contributed by atoms with Gasteiger partial charge in [0.05, 0.1) is 37.8 Å². The van der Waals surface area contributed by atoms with E-state index in [9.17, 15) is 9.59 Å². The largest absolute Gasteiger partial charge is 0.495 e. The molecular formula is C39H49N5O6. The monoisotopic (exact) mass is 683 g/mol. The van der Waals surface area contributed by atoms with Crippen molar-refractivity contribution in [3.05, 3.63) is 59.7 Å². The lowest BCUT2D eigenvalue weighted by Gasteiger charge is -2.45. The number of aryl methyl sites for hydroxylation is 1. The molecule has 0 spiro atoms. The minimum Gasteiger partial charge on any atom is -0.495 e. The molecule has 266 valence electrons. The maximum Gasteiger partial charge on any atom is 0.410 e. The van der Waals surface area contributed by atoms with Crippen LogP contribution in [0.5, 0.6) is 5.75 Å². The Morgan fingerprint density at radius 2 is 1.68 bits per heavy atom. The van der Waals surface area contributed by atoms with Gasteiger partial charge < -0.3 is 28.8 Å². The Bertz CT molecular complexity index is 1660. The van der Waals surface area contributed by atoms with Crippen molar-refractivity contribution in [3.63, 3.8) is 0 Å². The molecule has 3 aliphatic carbocycles. The maximum atomic E-state index is 14.0. The first-order valence-electron chi connectivity index (χ1n) is 18.7. The number of likely N-dealkylation sites (tertiary alicyclic amines) is 1. The fourth-order valence-electron chi connectivity index (χ4n) is 8.33. The molecule has 0 aromatic carbocycles. The predicted octanol–water partition coefficient (Wildman–Crippen LogP) is 6.73. The van der Waals surface area contributed by atoms with E-state index in [0.717, 1.165) is 105 Å². The number of nitrogens with one attached hydrogen (secondary N) is 1. The molecule has 5 heterocycles. The van der Waals surface area contributed by atoms with Crippen LogP contribution in [-0.4, -0.2) is 71.4 Å². The van der Waals surface area contributed by atoms with E-state index in [4.69, 9.17) is 33.6 Å². The number of ether oxygens (including phenoxy) is 3. The Balaban J connectivity index is 0.920. The Morgan fingerprint density at radius 1 is 0.920 bits per heavy atom. The zero-order valence-electron chi connectivity index (χ0n) is 29.2. The number of hydrogen-bond acceptors (Lipinski definition) is 9. The maximum absolute atomic E-state index is 14.0. The lowest BCUT2D eigenvalue weighted by atomic mass is 9.76. The summed E-state index contributed by atoms with van der Waals surface area (Å²) in [4.78, 5) is 43.0. The van der Waals surface area contributed by atoms with E-state index in [-0.39, 0.29) is 36.0 Å². The standard InChI is InChI=1S/C39H49N5O6/c1-23-35(47-2)14-13-32(41-23)24-3-5-25(6-4-24)36(33-17-28(15-16-40-33)34-22-49-38(42-34)27-7-8-27)43-37(45)26-9-11-31(12-10-26)50-39(46)44-18-29(19-44)30-20-48-21-30/h13-17,22,24-27,29-31,36H,3-12,18-21H2,1-2H3,(H,43,45). The van der Waals surface area contributed by atoms with Crippen LogP contribution in [0.2, 0.25) is 0 Å². The van der Waals surface area contributed by atoms with Crippen LogP contribution in [0, 0.1) is 30.6 Å². The van der Waals surface area contributed by atoms with Crippen molar-refractivity contribution in [2.75, 3.05) is 33.4 Å². The third-order valence-electron chi connectivity index (χ3n) is 11.9. The van der Waals surface area contributed by atoms with Crippen molar-refractivity contribution in [2.45, 2.75) is 95.1 Å². The fourth-order valence-corrected chi connectivity index (χ4v) is 8.33. The van der Waals surface area contributed by atoms with Gasteiger partial charge >= 0.3 is 6.09 Å². The lowest BCUT2D eigenvalue weighted by Crippen LogP contribution is -2.56. The summed E-state index contributed by atoms with van der Waals surface area (Å²) >= 11 is 0. The molecule has 1 atom stereocenters. The molecule has 2 saturated heterocycles. The number of hydrogen-bond donors (Lipinski definition) is 1. The van der Waals surface area contributed by atoms with Crippen LogP contribution in [0.3, 0.4) is 0 Å². The topological polar surface area (TPSA) is 129 Å². The zero-order valence-corrected chi connectivity index (χ0v) is 29.2. The van der Waals surface area contributed by atoms with E-state index in [1.54, 1.807) is 18.3 Å². The van der Waals surface area contributed by atoms with Gasteiger partial charge in [-0.1, -0.05) is 0 Å². The van der Waals surface area contributed by atoms with Gasteiger partial charge in [-0.25, -0.2) is 9.78 Å². The average molecular weight is 684 g/mol. The van der Waals surface area contributed by atoms with Gasteiger partial charge in [0.1, 0.15) is 23.8 Å². The predicted molar refractivity (Wildman–Crippen MR) is 184 cm³/mol. The summed E-state index contributed by atoms with van der Waals surface area (Å²) < 4.78 is 22.4. The van der Waals surface area contributed by atoms with Gasteiger partial charge in [-0.2, -0.15) is 0 Å². The Morgan fingerprint density at radius 3 is 2.36 bits per heavy atom. The van der Waals surface area contributed by atoms with Crippen LogP contribution in [0.25, 0.3) is 11.3 Å². The van der Waals surface area contributed by atoms with Gasteiger partial charge in [0.25, 0.3) is 0 Å². The van der Waals surface area contributed by atoms with Gasteiger partial charge in [0.2, 0.25) is 5.91 Å². The van der Waals surface area contributed by atoms with Crippen molar-refractivity contribution in [1.29, 1.82) is 0 Å². The minimum absolute atomic E-state index is 0.0623. The number of nitrogens with zero attached hydrogens (tertiary/aromatic N) is 4. The summed E-state index contributed by atoms with van der Waals surface area (Å²) in [5.41, 5.74) is 4.64. The summed E-state index contributed by atoms with van der Waals surface area (Å²) in [6.45, 7) is 5.14. The van der Waals surface area contributed by atoms with Gasteiger partial charge in [-0.05, 0) is 101 Å². The molecule has 0 bridgehead atoms. The first-order valence-corrected chi connectivity index (χ1v) is 18.7. The highest BCUT2D eigenvalue weighted by molar-refractivity contribution is 5.79. The number of carbonyl (C=O) groups is 2. The molecule has 11 heteroatoms. The molecule has 5 fully saturated rings. The third kappa shape index (κ3) is 7.11.